The summed E-state index contributed by atoms with van der Waals surface area (Å²) in [6, 6.07) is 14.5. The second kappa shape index (κ2) is 7.95. The first-order valence-electron chi connectivity index (χ1n) is 9.11. The summed E-state index contributed by atoms with van der Waals surface area (Å²) in [4.78, 5) is 24.6. The van der Waals surface area contributed by atoms with Crippen LogP contribution in [0.3, 0.4) is 0 Å². The average Bonchev–Trinajstić information content (AvgIpc) is 3.35. The monoisotopic (exact) mass is 404 g/mol. The van der Waals surface area contributed by atoms with Crippen molar-refractivity contribution in [3.05, 3.63) is 85.0 Å². The summed E-state index contributed by atoms with van der Waals surface area (Å²) in [5.41, 5.74) is 8.38. The minimum atomic E-state index is -0.237. The van der Waals surface area contributed by atoms with E-state index >= 15 is 0 Å². The van der Waals surface area contributed by atoms with Crippen molar-refractivity contribution >= 4 is 11.8 Å². The van der Waals surface area contributed by atoms with Crippen molar-refractivity contribution < 1.29 is 18.9 Å². The molecule has 4 aromatic rings. The number of hydrogen-bond acceptors (Lipinski definition) is 4. The van der Waals surface area contributed by atoms with Crippen molar-refractivity contribution in [2.75, 3.05) is 10.9 Å². The van der Waals surface area contributed by atoms with Crippen LogP contribution in [0, 0.1) is 0 Å². The Kier molecular flexibility index (Phi) is 5.04. The molecule has 2 heterocycles. The summed E-state index contributed by atoms with van der Waals surface area (Å²) >= 11 is 0. The van der Waals surface area contributed by atoms with E-state index in [0.717, 1.165) is 11.1 Å². The molecule has 0 radical (unpaired) electrons. The van der Waals surface area contributed by atoms with Crippen molar-refractivity contribution in [2.24, 2.45) is 14.1 Å². The normalized spacial score (nSPS) is 10.6. The number of benzene rings is 2. The maximum atomic E-state index is 12.3. The van der Waals surface area contributed by atoms with Crippen LogP contribution in [-0.4, -0.2) is 31.4 Å². The van der Waals surface area contributed by atoms with Gasteiger partial charge in [-0.1, -0.05) is 24.3 Å². The van der Waals surface area contributed by atoms with E-state index in [-0.39, 0.29) is 11.8 Å². The van der Waals surface area contributed by atoms with Gasteiger partial charge in [0.05, 0.1) is 14.1 Å². The van der Waals surface area contributed by atoms with Gasteiger partial charge in [0, 0.05) is 21.3 Å². The van der Waals surface area contributed by atoms with Crippen molar-refractivity contribution in [3.8, 4) is 11.1 Å². The van der Waals surface area contributed by atoms with Gasteiger partial charge in [0.2, 0.25) is 12.7 Å². The fourth-order valence-electron chi connectivity index (χ4n) is 2.86. The SMILES string of the molecule is Cn1c[n+](NC(=O)c2ccc(-c3ccc(C(=O)N[n+]4cnn(C)c4)cc3)cc2)cn1. The Morgan fingerprint density at radius 2 is 1.07 bits per heavy atom. The predicted molar refractivity (Wildman–Crippen MR) is 106 cm³/mol. The van der Waals surface area contributed by atoms with Gasteiger partial charge in [0.15, 0.2) is 0 Å². The van der Waals surface area contributed by atoms with Crippen LogP contribution in [0.25, 0.3) is 11.1 Å². The molecule has 150 valence electrons. The van der Waals surface area contributed by atoms with Gasteiger partial charge in [-0.3, -0.25) is 9.59 Å². The minimum Gasteiger partial charge on any atom is -0.266 e. The number of carbonyl (C=O) groups is 2. The molecule has 0 spiro atoms. The van der Waals surface area contributed by atoms with Crippen LogP contribution in [0.15, 0.2) is 73.8 Å². The van der Waals surface area contributed by atoms with Crippen LogP contribution in [0.5, 0.6) is 0 Å². The lowest BCUT2D eigenvalue weighted by Crippen LogP contribution is -2.46. The molecule has 0 aliphatic rings. The molecule has 2 amide bonds. The van der Waals surface area contributed by atoms with E-state index in [1.807, 2.05) is 24.3 Å². The maximum absolute atomic E-state index is 12.3. The molecule has 4 rings (SSSR count). The lowest BCUT2D eigenvalue weighted by atomic mass is 10.0. The molecule has 0 saturated heterocycles. The first-order valence-corrected chi connectivity index (χ1v) is 9.11. The molecule has 0 unspecified atom stereocenters. The Morgan fingerprint density at radius 3 is 1.37 bits per heavy atom. The summed E-state index contributed by atoms with van der Waals surface area (Å²) in [5.74, 6) is -0.473. The predicted octanol–water partition coefficient (Wildman–Crippen LogP) is 0.163. The van der Waals surface area contributed by atoms with Gasteiger partial charge in [-0.15, -0.1) is 18.7 Å². The first-order chi connectivity index (χ1) is 14.5. The van der Waals surface area contributed by atoms with Gasteiger partial charge >= 0.3 is 0 Å². The smallest absolute Gasteiger partial charge is 0.266 e. The van der Waals surface area contributed by atoms with Gasteiger partial charge in [0.1, 0.15) is 0 Å². The molecular formula is C20H20N8O2+2. The molecule has 10 heteroatoms. The molecule has 0 atom stereocenters. The Balaban J connectivity index is 1.42. The highest BCUT2D eigenvalue weighted by atomic mass is 16.2. The highest BCUT2D eigenvalue weighted by molar-refractivity contribution is 6.00. The topological polar surface area (TPSA) is 102 Å². The molecule has 30 heavy (non-hydrogen) atoms. The van der Waals surface area contributed by atoms with Crippen molar-refractivity contribution in [3.63, 3.8) is 0 Å². The Labute approximate surface area is 171 Å². The third-order valence-corrected chi connectivity index (χ3v) is 4.39. The van der Waals surface area contributed by atoms with Gasteiger partial charge in [-0.25, -0.2) is 10.9 Å². The van der Waals surface area contributed by atoms with Crippen LogP contribution < -0.4 is 20.2 Å². The largest absolute Gasteiger partial charge is 0.287 e. The van der Waals surface area contributed by atoms with Crippen molar-refractivity contribution in [2.45, 2.75) is 0 Å². The van der Waals surface area contributed by atoms with Crippen LogP contribution in [0.4, 0.5) is 0 Å². The number of carbonyl (C=O) groups excluding carboxylic acids is 2. The molecular weight excluding hydrogens is 384 g/mol. The maximum Gasteiger partial charge on any atom is 0.287 e. The van der Waals surface area contributed by atoms with Crippen molar-refractivity contribution in [1.82, 2.24) is 19.6 Å². The highest BCUT2D eigenvalue weighted by Gasteiger charge is 2.12. The summed E-state index contributed by atoms with van der Waals surface area (Å²) in [6.45, 7) is 0. The minimum absolute atomic E-state index is 0.237. The first kappa shape index (κ1) is 19.0. The van der Waals surface area contributed by atoms with E-state index in [9.17, 15) is 9.59 Å². The van der Waals surface area contributed by atoms with Crippen LogP contribution in [-0.2, 0) is 14.1 Å². The van der Waals surface area contributed by atoms with E-state index in [0.29, 0.717) is 11.1 Å². The average molecular weight is 404 g/mol. The second-order valence-electron chi connectivity index (χ2n) is 6.69. The van der Waals surface area contributed by atoms with Gasteiger partial charge in [-0.05, 0) is 35.4 Å². The van der Waals surface area contributed by atoms with Crippen LogP contribution >= 0.6 is 0 Å². The van der Waals surface area contributed by atoms with Crippen LogP contribution in [0.1, 0.15) is 20.7 Å². The second-order valence-corrected chi connectivity index (χ2v) is 6.69. The third-order valence-electron chi connectivity index (χ3n) is 4.39. The molecule has 10 nitrogen and oxygen atoms in total. The van der Waals surface area contributed by atoms with E-state index in [4.69, 9.17) is 0 Å². The molecule has 0 saturated carbocycles. The number of nitrogens with zero attached hydrogens (tertiary/aromatic N) is 6. The number of rotatable bonds is 5. The lowest BCUT2D eigenvalue weighted by molar-refractivity contribution is -0.642. The zero-order valence-electron chi connectivity index (χ0n) is 16.4. The Hall–Kier alpha value is -4.34. The zero-order valence-corrected chi connectivity index (χ0v) is 16.4. The number of aromatic nitrogens is 6. The molecule has 0 bridgehead atoms. The number of nitrogens with one attached hydrogen (secondary N) is 2. The zero-order chi connectivity index (χ0) is 21.1. The lowest BCUT2D eigenvalue weighted by Gasteiger charge is -2.06. The standard InChI is InChI=1S/C20H18N8O2/c1-25-13-27(11-21-25)23-19(29)17-7-3-15(4-8-17)16-5-9-18(10-6-16)20(30)24-28-12-22-26(2)14-28/h3-14H,1-2H3/p+2. The summed E-state index contributed by atoms with van der Waals surface area (Å²) in [6.07, 6.45) is 6.32. The van der Waals surface area contributed by atoms with E-state index in [1.165, 1.54) is 22.0 Å². The molecule has 2 aromatic heterocycles. The van der Waals surface area contributed by atoms with Crippen molar-refractivity contribution in [1.29, 1.82) is 0 Å². The fourth-order valence-corrected chi connectivity index (χ4v) is 2.86. The summed E-state index contributed by atoms with van der Waals surface area (Å²) in [7, 11) is 3.54. The Morgan fingerprint density at radius 1 is 0.700 bits per heavy atom. The van der Waals surface area contributed by atoms with Gasteiger partial charge in [0.25, 0.3) is 24.5 Å². The molecule has 0 aliphatic carbocycles. The number of hydrogen-bond donors (Lipinski definition) is 2. The quantitative estimate of drug-likeness (QED) is 0.463. The summed E-state index contributed by atoms with van der Waals surface area (Å²) < 4.78 is 6.15. The van der Waals surface area contributed by atoms with Gasteiger partial charge in [-0.2, -0.15) is 0 Å². The van der Waals surface area contributed by atoms with E-state index < -0.39 is 0 Å². The number of amides is 2. The molecule has 0 aliphatic heterocycles. The molecule has 0 fully saturated rings. The van der Waals surface area contributed by atoms with E-state index in [2.05, 4.69) is 21.0 Å². The summed E-state index contributed by atoms with van der Waals surface area (Å²) in [5, 5.41) is 7.98. The van der Waals surface area contributed by atoms with Crippen LogP contribution in [0.2, 0.25) is 0 Å². The number of aryl methyl sites for hydroxylation is 2. The highest BCUT2D eigenvalue weighted by Crippen LogP contribution is 2.20. The van der Waals surface area contributed by atoms with E-state index in [1.54, 1.807) is 60.4 Å². The fraction of sp³-hybridized carbons (Fsp3) is 0.100. The Bertz CT molecular complexity index is 1100. The molecule has 2 aromatic carbocycles. The van der Waals surface area contributed by atoms with Gasteiger partial charge < -0.3 is 0 Å². The third kappa shape index (κ3) is 4.22. The molecule has 2 N–H and O–H groups in total.